The van der Waals surface area contributed by atoms with Gasteiger partial charge in [0.2, 0.25) is 5.76 Å². The Morgan fingerprint density at radius 1 is 1.43 bits per heavy atom. The lowest BCUT2D eigenvalue weighted by molar-refractivity contribution is 0.0703. The molecule has 0 radical (unpaired) electrons. The number of aryl methyl sites for hydroxylation is 1. The lowest BCUT2D eigenvalue weighted by Gasteiger charge is -2.17. The molecule has 3 rings (SSSR count). The van der Waals surface area contributed by atoms with Crippen LogP contribution in [0.4, 0.5) is 0 Å². The molecule has 2 aromatic rings. The summed E-state index contributed by atoms with van der Waals surface area (Å²) in [5, 5.41) is 3.99. The molecule has 0 bridgehead atoms. The van der Waals surface area contributed by atoms with E-state index < -0.39 is 0 Å². The van der Waals surface area contributed by atoms with Crippen LogP contribution in [-0.4, -0.2) is 32.1 Å². The molecule has 6 nitrogen and oxygen atoms in total. The van der Waals surface area contributed by atoms with Gasteiger partial charge in [-0.05, 0) is 18.8 Å². The Bertz CT molecular complexity index is 629. The van der Waals surface area contributed by atoms with E-state index in [1.54, 1.807) is 11.0 Å². The van der Waals surface area contributed by atoms with E-state index in [-0.39, 0.29) is 5.91 Å². The minimum atomic E-state index is -0.0906. The largest absolute Gasteiger partial charge is 0.351 e. The van der Waals surface area contributed by atoms with E-state index in [2.05, 4.69) is 28.6 Å². The van der Waals surface area contributed by atoms with Crippen LogP contribution in [0, 0.1) is 5.92 Å². The maximum absolute atomic E-state index is 12.5. The highest BCUT2D eigenvalue weighted by atomic mass is 16.5. The minimum Gasteiger partial charge on any atom is -0.351 e. The number of imidazole rings is 1. The van der Waals surface area contributed by atoms with Gasteiger partial charge in [-0.2, -0.15) is 0 Å². The second-order valence-electron chi connectivity index (χ2n) is 5.94. The van der Waals surface area contributed by atoms with Gasteiger partial charge in [-0.1, -0.05) is 19.0 Å². The van der Waals surface area contributed by atoms with Crippen LogP contribution in [-0.2, 0) is 19.5 Å². The Morgan fingerprint density at radius 3 is 3.10 bits per heavy atom. The average Bonchev–Trinajstić information content (AvgIpc) is 3.02. The van der Waals surface area contributed by atoms with E-state index in [9.17, 15) is 4.79 Å². The number of hydrogen-bond donors (Lipinski definition) is 0. The summed E-state index contributed by atoms with van der Waals surface area (Å²) in [7, 11) is 0. The van der Waals surface area contributed by atoms with Gasteiger partial charge in [-0.15, -0.1) is 0 Å². The van der Waals surface area contributed by atoms with E-state index >= 15 is 0 Å². The lowest BCUT2D eigenvalue weighted by Crippen LogP contribution is -2.30. The van der Waals surface area contributed by atoms with Crippen molar-refractivity contribution in [2.45, 2.75) is 39.8 Å². The zero-order chi connectivity index (χ0) is 14.8. The third-order valence-electron chi connectivity index (χ3n) is 3.65. The fourth-order valence-corrected chi connectivity index (χ4v) is 2.64. The fourth-order valence-electron chi connectivity index (χ4n) is 2.64. The van der Waals surface area contributed by atoms with Crippen molar-refractivity contribution in [2.24, 2.45) is 5.92 Å². The summed E-state index contributed by atoms with van der Waals surface area (Å²) in [6.45, 7) is 6.42. The predicted molar refractivity (Wildman–Crippen MR) is 76.6 cm³/mol. The zero-order valence-electron chi connectivity index (χ0n) is 12.5. The smallest absolute Gasteiger partial charge is 0.292 e. The topological polar surface area (TPSA) is 64.2 Å². The third-order valence-corrected chi connectivity index (χ3v) is 3.65. The molecule has 2 aromatic heterocycles. The molecule has 0 N–H and O–H groups in total. The predicted octanol–water partition coefficient (Wildman–Crippen LogP) is 2.12. The Morgan fingerprint density at radius 2 is 2.29 bits per heavy atom. The van der Waals surface area contributed by atoms with E-state index in [4.69, 9.17) is 4.52 Å². The maximum atomic E-state index is 12.5. The highest BCUT2D eigenvalue weighted by Gasteiger charge is 2.23. The highest BCUT2D eigenvalue weighted by Crippen LogP contribution is 2.16. The molecule has 0 aliphatic carbocycles. The molecule has 0 unspecified atom stereocenters. The molecule has 21 heavy (non-hydrogen) atoms. The quantitative estimate of drug-likeness (QED) is 0.867. The second kappa shape index (κ2) is 5.71. The summed E-state index contributed by atoms with van der Waals surface area (Å²) in [6.07, 6.45) is 5.38. The van der Waals surface area contributed by atoms with E-state index in [1.165, 1.54) is 0 Å². The number of hydrogen-bond acceptors (Lipinski definition) is 4. The molecule has 0 fully saturated rings. The molecule has 3 heterocycles. The minimum absolute atomic E-state index is 0.0906. The first kappa shape index (κ1) is 13.9. The summed E-state index contributed by atoms with van der Waals surface area (Å²) in [6, 6.07) is 1.77. The van der Waals surface area contributed by atoms with Crippen molar-refractivity contribution in [1.82, 2.24) is 19.6 Å². The number of fused-ring (bicyclic) bond motifs is 1. The SMILES string of the molecule is CC(C)Cc1cc(C(=O)N2CCCn3cncc3C2)on1. The molecule has 1 amide bonds. The van der Waals surface area contributed by atoms with E-state index in [1.807, 2.05) is 12.5 Å². The van der Waals surface area contributed by atoms with Gasteiger partial charge in [-0.25, -0.2) is 4.98 Å². The van der Waals surface area contributed by atoms with Crippen molar-refractivity contribution in [3.8, 4) is 0 Å². The van der Waals surface area contributed by atoms with Crippen LogP contribution in [0.25, 0.3) is 0 Å². The van der Waals surface area contributed by atoms with Crippen molar-refractivity contribution in [3.05, 3.63) is 35.7 Å². The number of rotatable bonds is 3. The van der Waals surface area contributed by atoms with Crippen LogP contribution in [0.1, 0.15) is 42.2 Å². The Kier molecular flexibility index (Phi) is 3.77. The van der Waals surface area contributed by atoms with Gasteiger partial charge in [0.05, 0.1) is 24.3 Å². The Labute approximate surface area is 123 Å². The van der Waals surface area contributed by atoms with Crippen LogP contribution in [0.5, 0.6) is 0 Å². The van der Waals surface area contributed by atoms with Crippen molar-refractivity contribution in [2.75, 3.05) is 6.54 Å². The summed E-state index contributed by atoms with van der Waals surface area (Å²) in [5.41, 5.74) is 1.90. The zero-order valence-corrected chi connectivity index (χ0v) is 12.5. The Balaban J connectivity index is 1.74. The van der Waals surface area contributed by atoms with Crippen molar-refractivity contribution in [1.29, 1.82) is 0 Å². The van der Waals surface area contributed by atoms with Gasteiger partial charge in [0.25, 0.3) is 5.91 Å². The number of carbonyl (C=O) groups is 1. The lowest BCUT2D eigenvalue weighted by atomic mass is 10.1. The van der Waals surface area contributed by atoms with Gasteiger partial charge in [0, 0.05) is 25.4 Å². The maximum Gasteiger partial charge on any atom is 0.292 e. The highest BCUT2D eigenvalue weighted by molar-refractivity contribution is 5.91. The summed E-state index contributed by atoms with van der Waals surface area (Å²) < 4.78 is 7.32. The van der Waals surface area contributed by atoms with Crippen LogP contribution in [0.2, 0.25) is 0 Å². The van der Waals surface area contributed by atoms with Crippen molar-refractivity contribution in [3.63, 3.8) is 0 Å². The standard InChI is InChI=1S/C15H20N4O2/c1-11(2)6-12-7-14(21-17-12)15(20)18-4-3-5-19-10-16-8-13(19)9-18/h7-8,10-11H,3-6,9H2,1-2H3. The number of carbonyl (C=O) groups excluding carboxylic acids is 1. The van der Waals surface area contributed by atoms with E-state index in [0.29, 0.717) is 18.2 Å². The van der Waals surface area contributed by atoms with Crippen LogP contribution >= 0.6 is 0 Å². The van der Waals surface area contributed by atoms with Gasteiger partial charge < -0.3 is 14.0 Å². The van der Waals surface area contributed by atoms with Gasteiger partial charge in [0.1, 0.15) is 0 Å². The monoisotopic (exact) mass is 288 g/mol. The molecule has 6 heteroatoms. The summed E-state index contributed by atoms with van der Waals surface area (Å²) in [5.74, 6) is 0.733. The third kappa shape index (κ3) is 2.99. The van der Waals surface area contributed by atoms with Crippen molar-refractivity contribution >= 4 is 5.91 Å². The molecule has 112 valence electrons. The Hall–Kier alpha value is -2.11. The number of amides is 1. The molecule has 0 atom stereocenters. The summed E-state index contributed by atoms with van der Waals surface area (Å²) >= 11 is 0. The molecule has 0 saturated carbocycles. The molecule has 0 aromatic carbocycles. The van der Waals surface area contributed by atoms with Gasteiger partial charge >= 0.3 is 0 Å². The van der Waals surface area contributed by atoms with Gasteiger partial charge in [0.15, 0.2) is 0 Å². The molecule has 0 saturated heterocycles. The van der Waals surface area contributed by atoms with Crippen LogP contribution < -0.4 is 0 Å². The molecular formula is C15H20N4O2. The molecule has 0 spiro atoms. The van der Waals surface area contributed by atoms with Gasteiger partial charge in [-0.3, -0.25) is 4.79 Å². The summed E-state index contributed by atoms with van der Waals surface area (Å²) in [4.78, 5) is 18.5. The van der Waals surface area contributed by atoms with Crippen molar-refractivity contribution < 1.29 is 9.32 Å². The second-order valence-corrected chi connectivity index (χ2v) is 5.94. The first-order chi connectivity index (χ1) is 10.1. The number of nitrogens with zero attached hydrogens (tertiary/aromatic N) is 4. The normalized spacial score (nSPS) is 15.1. The van der Waals surface area contributed by atoms with Crippen LogP contribution in [0.3, 0.4) is 0 Å². The molecular weight excluding hydrogens is 268 g/mol. The fraction of sp³-hybridized carbons (Fsp3) is 0.533. The average molecular weight is 288 g/mol. The van der Waals surface area contributed by atoms with Crippen LogP contribution in [0.15, 0.2) is 23.1 Å². The first-order valence-corrected chi connectivity index (χ1v) is 7.37. The first-order valence-electron chi connectivity index (χ1n) is 7.37. The van der Waals surface area contributed by atoms with E-state index in [0.717, 1.165) is 37.3 Å². The molecule has 1 aliphatic heterocycles. The molecule has 1 aliphatic rings. The number of aromatic nitrogens is 3.